The van der Waals surface area contributed by atoms with E-state index in [9.17, 15) is 0 Å². The molecule has 0 heterocycles. The molecular weight excluding hydrogens is 451 g/mol. The number of benzene rings is 3. The monoisotopic (exact) mass is 478 g/mol. The first-order chi connectivity index (χ1) is 13.4. The van der Waals surface area contributed by atoms with Crippen molar-refractivity contribution >= 4 is 33.4 Å². The van der Waals surface area contributed by atoms with E-state index in [1.54, 1.807) is 6.08 Å². The van der Waals surface area contributed by atoms with Gasteiger partial charge in [-0.15, -0.1) is 0 Å². The first-order valence-corrected chi connectivity index (χ1v) is 10.8. The largest absolute Gasteiger partial charge is 0.0991 e. The van der Waals surface area contributed by atoms with Gasteiger partial charge in [-0.2, -0.15) is 0 Å². The lowest BCUT2D eigenvalue weighted by atomic mass is 9.74. The predicted octanol–water partition coefficient (Wildman–Crippen LogP) is 8.25. The van der Waals surface area contributed by atoms with Crippen LogP contribution in [0, 0.1) is 3.57 Å². The van der Waals surface area contributed by atoms with Gasteiger partial charge in [-0.25, -0.2) is 0 Å². The molecule has 0 aromatic heterocycles. The summed E-state index contributed by atoms with van der Waals surface area (Å²) in [6, 6.07) is 20.0. The van der Waals surface area contributed by atoms with Crippen LogP contribution in [-0.2, 0) is 11.8 Å². The van der Waals surface area contributed by atoms with Crippen LogP contribution in [0.15, 0.2) is 91.6 Å². The Morgan fingerprint density at radius 3 is 2.43 bits per heavy atom. The quantitative estimate of drug-likeness (QED) is 0.247. The van der Waals surface area contributed by atoms with Gasteiger partial charge in [0.1, 0.15) is 0 Å². The van der Waals surface area contributed by atoms with Gasteiger partial charge in [-0.3, -0.25) is 0 Å². The molecular formula is C27H27I. The van der Waals surface area contributed by atoms with E-state index in [0.717, 1.165) is 12.0 Å². The summed E-state index contributed by atoms with van der Waals surface area (Å²) < 4.78 is 1.28. The minimum atomic E-state index is -0.153. The molecule has 0 saturated carbocycles. The second kappa shape index (κ2) is 8.48. The molecule has 142 valence electrons. The highest BCUT2D eigenvalue weighted by Gasteiger charge is 2.26. The van der Waals surface area contributed by atoms with Crippen LogP contribution in [0.4, 0.5) is 0 Å². The molecule has 1 heteroatoms. The van der Waals surface area contributed by atoms with E-state index in [4.69, 9.17) is 0 Å². The molecule has 0 amide bonds. The minimum Gasteiger partial charge on any atom is -0.0991 e. The summed E-state index contributed by atoms with van der Waals surface area (Å²) in [5, 5.41) is 2.60. The summed E-state index contributed by atoms with van der Waals surface area (Å²) in [4.78, 5) is 0. The topological polar surface area (TPSA) is 0 Å². The van der Waals surface area contributed by atoms with Crippen LogP contribution in [0.5, 0.6) is 0 Å². The number of aryl methyl sites for hydroxylation is 1. The second-order valence-corrected chi connectivity index (χ2v) is 8.77. The molecule has 0 aliphatic heterocycles. The van der Waals surface area contributed by atoms with E-state index in [-0.39, 0.29) is 5.41 Å². The highest BCUT2D eigenvalue weighted by molar-refractivity contribution is 14.1. The van der Waals surface area contributed by atoms with E-state index in [2.05, 4.69) is 117 Å². The summed E-state index contributed by atoms with van der Waals surface area (Å²) in [6.07, 6.45) is 6.84. The smallest absolute Gasteiger partial charge is 0.0209 e. The average Bonchev–Trinajstić information content (AvgIpc) is 2.72. The molecule has 3 rings (SSSR count). The van der Waals surface area contributed by atoms with Crippen LogP contribution in [-0.4, -0.2) is 0 Å². The van der Waals surface area contributed by atoms with E-state index < -0.39 is 0 Å². The number of halogens is 1. The van der Waals surface area contributed by atoms with Crippen LogP contribution in [0.25, 0.3) is 21.9 Å². The van der Waals surface area contributed by atoms with E-state index >= 15 is 0 Å². The normalized spacial score (nSPS) is 11.9. The third kappa shape index (κ3) is 3.86. The van der Waals surface area contributed by atoms with Crippen molar-refractivity contribution in [3.63, 3.8) is 0 Å². The molecule has 28 heavy (non-hydrogen) atoms. The Bertz CT molecular complexity index is 1070. The number of rotatable bonds is 6. The molecule has 0 spiro atoms. The number of hydrogen-bond acceptors (Lipinski definition) is 0. The zero-order valence-electron chi connectivity index (χ0n) is 16.9. The lowest BCUT2D eigenvalue weighted by Crippen LogP contribution is -2.21. The van der Waals surface area contributed by atoms with Crippen molar-refractivity contribution in [3.8, 4) is 11.1 Å². The first-order valence-electron chi connectivity index (χ1n) is 9.69. The predicted molar refractivity (Wildman–Crippen MR) is 133 cm³/mol. The maximum atomic E-state index is 4.34. The first kappa shape index (κ1) is 20.6. The zero-order chi connectivity index (χ0) is 20.3. The SMILES string of the molecule is C=C/C=C\C(=C)C(C)(C)c1cc(-c2ccc(I)c3ccccc23)ccc1CC. The Kier molecular flexibility index (Phi) is 6.24. The number of fused-ring (bicyclic) bond motifs is 1. The molecule has 0 aliphatic rings. The van der Waals surface area contributed by atoms with Crippen molar-refractivity contribution in [2.45, 2.75) is 32.6 Å². The van der Waals surface area contributed by atoms with E-state index in [0.29, 0.717) is 0 Å². The van der Waals surface area contributed by atoms with Gasteiger partial charge in [0.15, 0.2) is 0 Å². The summed E-state index contributed by atoms with van der Waals surface area (Å²) in [5.41, 5.74) is 6.19. The molecule has 0 fully saturated rings. The minimum absolute atomic E-state index is 0.153. The summed E-state index contributed by atoms with van der Waals surface area (Å²) in [7, 11) is 0. The molecule has 0 radical (unpaired) electrons. The van der Waals surface area contributed by atoms with E-state index in [1.807, 2.05) is 6.08 Å². The fourth-order valence-corrected chi connectivity index (χ4v) is 4.36. The van der Waals surface area contributed by atoms with Gasteiger partial charge in [0.25, 0.3) is 0 Å². The second-order valence-electron chi connectivity index (χ2n) is 7.61. The third-order valence-electron chi connectivity index (χ3n) is 5.58. The molecule has 3 aromatic carbocycles. The maximum absolute atomic E-state index is 4.34. The van der Waals surface area contributed by atoms with Crippen molar-refractivity contribution < 1.29 is 0 Å². The molecule has 0 saturated heterocycles. The van der Waals surface area contributed by atoms with Crippen LogP contribution in [0.1, 0.15) is 31.9 Å². The van der Waals surface area contributed by atoms with Gasteiger partial charge in [-0.05, 0) is 79.7 Å². The summed E-state index contributed by atoms with van der Waals surface area (Å²) >= 11 is 2.42. The standard InChI is InChI=1S/C27H27I/c1-6-8-11-19(3)27(4,5)25-18-21(15-14-20(25)7-2)22-16-17-26(28)24-13-10-9-12-23(22)24/h6,8-18H,1,3,7H2,2,4-5H3/b11-8-. The van der Waals surface area contributed by atoms with Crippen LogP contribution >= 0.6 is 22.6 Å². The molecule has 0 N–H and O–H groups in total. The molecule has 0 atom stereocenters. The molecule has 3 aromatic rings. The third-order valence-corrected chi connectivity index (χ3v) is 6.52. The summed E-state index contributed by atoms with van der Waals surface area (Å²) in [5.74, 6) is 0. The Morgan fingerprint density at radius 1 is 1.04 bits per heavy atom. The van der Waals surface area contributed by atoms with Crippen LogP contribution < -0.4 is 0 Å². The lowest BCUT2D eigenvalue weighted by molar-refractivity contribution is 0.633. The molecule has 0 nitrogen and oxygen atoms in total. The van der Waals surface area contributed by atoms with Gasteiger partial charge in [0.05, 0.1) is 0 Å². The molecule has 0 unspecified atom stereocenters. The van der Waals surface area contributed by atoms with Crippen molar-refractivity contribution in [1.82, 2.24) is 0 Å². The van der Waals surface area contributed by atoms with Crippen molar-refractivity contribution in [2.75, 3.05) is 0 Å². The van der Waals surface area contributed by atoms with Crippen molar-refractivity contribution in [2.24, 2.45) is 0 Å². The number of hydrogen-bond donors (Lipinski definition) is 0. The fourth-order valence-electron chi connectivity index (χ4n) is 3.71. The van der Waals surface area contributed by atoms with Gasteiger partial charge in [0.2, 0.25) is 0 Å². The number of allylic oxidation sites excluding steroid dienone is 4. The lowest BCUT2D eigenvalue weighted by Gasteiger charge is -2.29. The van der Waals surface area contributed by atoms with Gasteiger partial charge < -0.3 is 0 Å². The Hall–Kier alpha value is -2.13. The Labute approximate surface area is 182 Å². The molecule has 0 bridgehead atoms. The van der Waals surface area contributed by atoms with E-state index in [1.165, 1.54) is 36.6 Å². The highest BCUT2D eigenvalue weighted by atomic mass is 127. The Balaban J connectivity index is 2.20. The van der Waals surface area contributed by atoms with Crippen LogP contribution in [0.3, 0.4) is 0 Å². The van der Waals surface area contributed by atoms with Crippen molar-refractivity contribution in [1.29, 1.82) is 0 Å². The van der Waals surface area contributed by atoms with Gasteiger partial charge >= 0.3 is 0 Å². The highest BCUT2D eigenvalue weighted by Crippen LogP contribution is 2.38. The maximum Gasteiger partial charge on any atom is 0.0209 e. The zero-order valence-corrected chi connectivity index (χ0v) is 19.1. The average molecular weight is 478 g/mol. The van der Waals surface area contributed by atoms with Gasteiger partial charge in [0, 0.05) is 8.99 Å². The molecule has 0 aliphatic carbocycles. The van der Waals surface area contributed by atoms with Gasteiger partial charge in [-0.1, -0.05) is 94.6 Å². The fraction of sp³-hybridized carbons (Fsp3) is 0.185. The van der Waals surface area contributed by atoms with Crippen molar-refractivity contribution in [3.05, 3.63) is 106 Å². The summed E-state index contributed by atoms with van der Waals surface area (Å²) in [6.45, 7) is 14.9. The van der Waals surface area contributed by atoms with Crippen LogP contribution in [0.2, 0.25) is 0 Å². The Morgan fingerprint density at radius 2 is 1.75 bits per heavy atom.